The summed E-state index contributed by atoms with van der Waals surface area (Å²) in [5, 5.41) is 0. The van der Waals surface area contributed by atoms with Gasteiger partial charge in [0.15, 0.2) is 0 Å². The molecule has 0 saturated carbocycles. The van der Waals surface area contributed by atoms with E-state index < -0.39 is 30.4 Å². The number of alkyl halides is 5. The molecule has 80 valence electrons. The van der Waals surface area contributed by atoms with E-state index >= 15 is 0 Å². The summed E-state index contributed by atoms with van der Waals surface area (Å²) in [6, 6.07) is 0. The van der Waals surface area contributed by atoms with Crippen LogP contribution in [0.2, 0.25) is 0 Å². The van der Waals surface area contributed by atoms with Crippen molar-refractivity contribution in [2.75, 3.05) is 0 Å². The second kappa shape index (κ2) is 3.42. The molecule has 0 aromatic rings. The molecule has 0 radical (unpaired) electrons. The Labute approximate surface area is 74.1 Å². The van der Waals surface area contributed by atoms with E-state index in [2.05, 4.69) is 0 Å². The molecule has 0 spiro atoms. The van der Waals surface area contributed by atoms with Crippen molar-refractivity contribution >= 4 is 0 Å². The molecule has 0 aromatic heterocycles. The molecular formula is C8H13F5. The SMILES string of the molecule is CCC(F)(F)C(C)(CC)C(F)(F)F. The summed E-state index contributed by atoms with van der Waals surface area (Å²) in [7, 11) is 0. The molecule has 0 saturated heterocycles. The van der Waals surface area contributed by atoms with E-state index in [1.165, 1.54) is 0 Å². The molecule has 0 rings (SSSR count). The van der Waals surface area contributed by atoms with Crippen molar-refractivity contribution in [2.24, 2.45) is 5.41 Å². The Morgan fingerprint density at radius 1 is 0.846 bits per heavy atom. The van der Waals surface area contributed by atoms with E-state index in [4.69, 9.17) is 0 Å². The van der Waals surface area contributed by atoms with Crippen LogP contribution in [-0.4, -0.2) is 12.1 Å². The van der Waals surface area contributed by atoms with Crippen LogP contribution in [0.15, 0.2) is 0 Å². The van der Waals surface area contributed by atoms with E-state index in [1.807, 2.05) is 0 Å². The van der Waals surface area contributed by atoms with Gasteiger partial charge in [0.05, 0.1) is 0 Å². The largest absolute Gasteiger partial charge is 0.399 e. The highest BCUT2D eigenvalue weighted by Gasteiger charge is 2.63. The predicted octanol–water partition coefficient (Wildman–Crippen LogP) is 4.01. The molecule has 0 fully saturated rings. The zero-order chi connectivity index (χ0) is 10.9. The highest BCUT2D eigenvalue weighted by molar-refractivity contribution is 4.92. The summed E-state index contributed by atoms with van der Waals surface area (Å²) in [5.74, 6) is -3.69. The molecular weight excluding hydrogens is 191 g/mol. The lowest BCUT2D eigenvalue weighted by atomic mass is 9.78. The van der Waals surface area contributed by atoms with Gasteiger partial charge >= 0.3 is 6.18 Å². The summed E-state index contributed by atoms with van der Waals surface area (Å²) in [6.07, 6.45) is -6.27. The van der Waals surface area contributed by atoms with Crippen LogP contribution in [0.4, 0.5) is 22.0 Å². The molecule has 0 amide bonds. The van der Waals surface area contributed by atoms with Gasteiger partial charge in [0.25, 0.3) is 5.92 Å². The van der Waals surface area contributed by atoms with Crippen molar-refractivity contribution in [1.82, 2.24) is 0 Å². The van der Waals surface area contributed by atoms with Crippen LogP contribution >= 0.6 is 0 Å². The van der Waals surface area contributed by atoms with Crippen LogP contribution in [0.5, 0.6) is 0 Å². The fourth-order valence-corrected chi connectivity index (χ4v) is 1.06. The summed E-state index contributed by atoms with van der Waals surface area (Å²) >= 11 is 0. The number of halogens is 5. The van der Waals surface area contributed by atoms with E-state index in [-0.39, 0.29) is 0 Å². The van der Waals surface area contributed by atoms with Crippen LogP contribution in [0.3, 0.4) is 0 Å². The highest BCUT2D eigenvalue weighted by atomic mass is 19.4. The summed E-state index contributed by atoms with van der Waals surface area (Å²) < 4.78 is 62.9. The summed E-state index contributed by atoms with van der Waals surface area (Å²) in [6.45, 7) is 2.74. The Morgan fingerprint density at radius 2 is 1.23 bits per heavy atom. The van der Waals surface area contributed by atoms with Gasteiger partial charge in [-0.2, -0.15) is 13.2 Å². The minimum absolute atomic E-state index is 0.566. The molecule has 0 N–H and O–H groups in total. The van der Waals surface area contributed by atoms with Gasteiger partial charge < -0.3 is 0 Å². The van der Waals surface area contributed by atoms with Gasteiger partial charge in [0.2, 0.25) is 0 Å². The topological polar surface area (TPSA) is 0 Å². The average Bonchev–Trinajstić information content (AvgIpc) is 2.00. The summed E-state index contributed by atoms with van der Waals surface area (Å²) in [4.78, 5) is 0. The maximum Gasteiger partial charge on any atom is 0.399 e. The summed E-state index contributed by atoms with van der Waals surface area (Å²) in [5.41, 5.74) is -2.91. The van der Waals surface area contributed by atoms with Gasteiger partial charge in [0.1, 0.15) is 5.41 Å². The minimum Gasteiger partial charge on any atom is -0.206 e. The second-order valence-electron chi connectivity index (χ2n) is 3.24. The van der Waals surface area contributed by atoms with Gasteiger partial charge in [-0.3, -0.25) is 0 Å². The first-order valence-corrected chi connectivity index (χ1v) is 4.07. The highest BCUT2D eigenvalue weighted by Crippen LogP contribution is 2.52. The molecule has 0 bridgehead atoms. The molecule has 0 aliphatic heterocycles. The van der Waals surface area contributed by atoms with Crippen LogP contribution in [0, 0.1) is 5.41 Å². The predicted molar refractivity (Wildman–Crippen MR) is 39.7 cm³/mol. The normalized spacial score (nSPS) is 18.5. The number of rotatable bonds is 3. The van der Waals surface area contributed by atoms with Crippen molar-refractivity contribution in [3.8, 4) is 0 Å². The Kier molecular flexibility index (Phi) is 3.33. The van der Waals surface area contributed by atoms with Crippen LogP contribution in [0.25, 0.3) is 0 Å². The Hall–Kier alpha value is -0.350. The zero-order valence-electron chi connectivity index (χ0n) is 7.80. The van der Waals surface area contributed by atoms with Crippen molar-refractivity contribution in [3.05, 3.63) is 0 Å². The van der Waals surface area contributed by atoms with E-state index in [9.17, 15) is 22.0 Å². The number of hydrogen-bond donors (Lipinski definition) is 0. The standard InChI is InChI=1S/C8H13F5/c1-4-6(3,8(11,12)13)7(9,10)5-2/h4-5H2,1-3H3. The molecule has 13 heavy (non-hydrogen) atoms. The lowest BCUT2D eigenvalue weighted by Gasteiger charge is -2.37. The smallest absolute Gasteiger partial charge is 0.206 e. The Morgan fingerprint density at radius 3 is 1.31 bits per heavy atom. The molecule has 5 heteroatoms. The lowest BCUT2D eigenvalue weighted by molar-refractivity contribution is -0.294. The molecule has 0 heterocycles. The van der Waals surface area contributed by atoms with Crippen molar-refractivity contribution < 1.29 is 22.0 Å². The third-order valence-corrected chi connectivity index (χ3v) is 2.58. The molecule has 1 atom stereocenters. The third kappa shape index (κ3) is 1.94. The van der Waals surface area contributed by atoms with Gasteiger partial charge in [-0.05, 0) is 13.3 Å². The monoisotopic (exact) mass is 204 g/mol. The number of hydrogen-bond acceptors (Lipinski definition) is 0. The fraction of sp³-hybridized carbons (Fsp3) is 1.00. The zero-order valence-corrected chi connectivity index (χ0v) is 7.80. The Balaban J connectivity index is 5.06. The lowest BCUT2D eigenvalue weighted by Crippen LogP contribution is -2.49. The first-order valence-electron chi connectivity index (χ1n) is 4.07. The molecule has 0 nitrogen and oxygen atoms in total. The van der Waals surface area contributed by atoms with E-state index in [1.54, 1.807) is 0 Å². The first-order chi connectivity index (χ1) is 5.62. The Bertz CT molecular complexity index is 172. The minimum atomic E-state index is -4.86. The van der Waals surface area contributed by atoms with E-state index in [0.717, 1.165) is 13.8 Å². The van der Waals surface area contributed by atoms with Crippen molar-refractivity contribution in [1.29, 1.82) is 0 Å². The quantitative estimate of drug-likeness (QED) is 0.609. The average molecular weight is 204 g/mol. The van der Waals surface area contributed by atoms with Crippen LogP contribution in [-0.2, 0) is 0 Å². The third-order valence-electron chi connectivity index (χ3n) is 2.58. The van der Waals surface area contributed by atoms with Gasteiger partial charge in [0, 0.05) is 6.42 Å². The molecule has 0 aliphatic carbocycles. The van der Waals surface area contributed by atoms with Crippen LogP contribution < -0.4 is 0 Å². The van der Waals surface area contributed by atoms with E-state index in [0.29, 0.717) is 6.92 Å². The van der Waals surface area contributed by atoms with Gasteiger partial charge in [-0.1, -0.05) is 13.8 Å². The van der Waals surface area contributed by atoms with Gasteiger partial charge in [-0.15, -0.1) is 0 Å². The first kappa shape index (κ1) is 12.7. The van der Waals surface area contributed by atoms with Crippen molar-refractivity contribution in [3.63, 3.8) is 0 Å². The van der Waals surface area contributed by atoms with Crippen LogP contribution in [0.1, 0.15) is 33.6 Å². The maximum absolute atomic E-state index is 13.0. The van der Waals surface area contributed by atoms with Crippen molar-refractivity contribution in [2.45, 2.75) is 45.7 Å². The molecule has 0 aromatic carbocycles. The maximum atomic E-state index is 13.0. The second-order valence-corrected chi connectivity index (χ2v) is 3.24. The molecule has 1 unspecified atom stereocenters. The van der Waals surface area contributed by atoms with Gasteiger partial charge in [-0.25, -0.2) is 8.78 Å². The fourth-order valence-electron chi connectivity index (χ4n) is 1.06. The molecule has 0 aliphatic rings.